The summed E-state index contributed by atoms with van der Waals surface area (Å²) in [6, 6.07) is 11.6. The van der Waals surface area contributed by atoms with Gasteiger partial charge in [-0.15, -0.1) is 0 Å². The number of fused-ring (bicyclic) bond motifs is 1. The zero-order valence-corrected chi connectivity index (χ0v) is 22.6. The second-order valence-electron chi connectivity index (χ2n) is 8.96. The quantitative estimate of drug-likeness (QED) is 0.319. The number of thioether (sulfide) groups is 1. The van der Waals surface area contributed by atoms with E-state index in [4.69, 9.17) is 19.6 Å². The molecule has 9 heteroatoms. The Bertz CT molecular complexity index is 1300. The number of hydrogen-bond acceptors (Lipinski definition) is 7. The molecule has 2 aliphatic rings. The molecule has 2 aromatic rings. The van der Waals surface area contributed by atoms with Gasteiger partial charge in [-0.1, -0.05) is 32.9 Å². The van der Waals surface area contributed by atoms with Crippen LogP contribution in [0.2, 0.25) is 0 Å². The number of hydrazone groups is 1. The van der Waals surface area contributed by atoms with Gasteiger partial charge in [0.2, 0.25) is 5.17 Å². The van der Waals surface area contributed by atoms with Gasteiger partial charge in [0.05, 0.1) is 12.2 Å². The van der Waals surface area contributed by atoms with E-state index in [1.165, 1.54) is 27.9 Å². The fourth-order valence-corrected chi connectivity index (χ4v) is 4.72. The van der Waals surface area contributed by atoms with Crippen molar-refractivity contribution in [3.63, 3.8) is 0 Å². The molecule has 0 saturated heterocycles. The lowest BCUT2D eigenvalue weighted by Gasteiger charge is -2.20. The molecule has 0 atom stereocenters. The third kappa shape index (κ3) is 6.22. The smallest absolute Gasteiger partial charge is 0.283 e. The highest BCUT2D eigenvalue weighted by Crippen LogP contribution is 2.33. The molecule has 0 bridgehead atoms. The monoisotopic (exact) mass is 520 g/mol. The summed E-state index contributed by atoms with van der Waals surface area (Å²) >= 11 is 1.33. The minimum Gasteiger partial charge on any atom is -0.490 e. The van der Waals surface area contributed by atoms with Crippen LogP contribution in [0.3, 0.4) is 0 Å². The van der Waals surface area contributed by atoms with Crippen LogP contribution in [-0.2, 0) is 11.2 Å². The number of benzene rings is 2. The van der Waals surface area contributed by atoms with E-state index in [2.05, 4.69) is 30.0 Å². The Balaban J connectivity index is 1.46. The molecule has 0 aliphatic carbocycles. The van der Waals surface area contributed by atoms with Gasteiger partial charge in [0.15, 0.2) is 17.3 Å². The Labute approximate surface area is 221 Å². The van der Waals surface area contributed by atoms with Crippen LogP contribution < -0.4 is 14.2 Å². The molecule has 8 nitrogen and oxygen atoms in total. The number of hydrogen-bond donors (Lipinski definition) is 1. The predicted octanol–water partition coefficient (Wildman–Crippen LogP) is 5.69. The van der Waals surface area contributed by atoms with E-state index in [1.807, 2.05) is 39.0 Å². The molecular formula is C28H32N4O4S. The van der Waals surface area contributed by atoms with Crippen LogP contribution in [0.25, 0.3) is 6.08 Å². The highest BCUT2D eigenvalue weighted by molar-refractivity contribution is 8.27. The fourth-order valence-electron chi connectivity index (χ4n) is 3.83. The minimum absolute atomic E-state index is 0.0102. The average Bonchev–Trinajstić information content (AvgIpc) is 3.30. The summed E-state index contributed by atoms with van der Waals surface area (Å²) in [7, 11) is 0. The van der Waals surface area contributed by atoms with E-state index >= 15 is 0 Å². The van der Waals surface area contributed by atoms with Gasteiger partial charge >= 0.3 is 0 Å². The highest BCUT2D eigenvalue weighted by atomic mass is 32.2. The van der Waals surface area contributed by atoms with Crippen molar-refractivity contribution >= 4 is 39.8 Å². The molecule has 0 fully saturated rings. The second kappa shape index (κ2) is 11.6. The number of aliphatic imine (C=N–C) groups is 1. The average molecular weight is 521 g/mol. The van der Waals surface area contributed by atoms with E-state index in [0.717, 1.165) is 17.2 Å². The maximum Gasteiger partial charge on any atom is 0.283 e. The minimum atomic E-state index is -0.457. The van der Waals surface area contributed by atoms with Crippen LogP contribution >= 0.6 is 11.8 Å². The number of rotatable bonds is 10. The molecule has 0 unspecified atom stereocenters. The zero-order valence-electron chi connectivity index (χ0n) is 21.8. The van der Waals surface area contributed by atoms with Gasteiger partial charge in [0.1, 0.15) is 24.0 Å². The van der Waals surface area contributed by atoms with Gasteiger partial charge in [0.25, 0.3) is 5.91 Å². The van der Waals surface area contributed by atoms with Crippen LogP contribution in [0, 0.1) is 18.3 Å². The van der Waals surface area contributed by atoms with Crippen LogP contribution in [0.4, 0.5) is 0 Å². The van der Waals surface area contributed by atoms with Crippen LogP contribution in [0.5, 0.6) is 17.2 Å². The maximum atomic E-state index is 12.7. The van der Waals surface area contributed by atoms with E-state index in [9.17, 15) is 4.79 Å². The molecule has 1 amide bonds. The van der Waals surface area contributed by atoms with Gasteiger partial charge < -0.3 is 14.2 Å². The Kier molecular flexibility index (Phi) is 8.33. The number of amides is 1. The van der Waals surface area contributed by atoms with Crippen molar-refractivity contribution in [2.45, 2.75) is 41.0 Å². The van der Waals surface area contributed by atoms with Crippen molar-refractivity contribution in [3.8, 4) is 17.2 Å². The molecule has 2 aliphatic heterocycles. The van der Waals surface area contributed by atoms with E-state index in [0.29, 0.717) is 42.1 Å². The molecule has 0 saturated carbocycles. The van der Waals surface area contributed by atoms with Crippen molar-refractivity contribution < 1.29 is 19.0 Å². The Hall–Kier alpha value is -3.59. The number of aryl methyl sites for hydroxylation is 2. The summed E-state index contributed by atoms with van der Waals surface area (Å²) in [5.41, 5.74) is 3.28. The molecule has 4 rings (SSSR count). The lowest BCUT2D eigenvalue weighted by Crippen LogP contribution is -2.35. The van der Waals surface area contributed by atoms with Crippen molar-refractivity contribution in [3.05, 3.63) is 58.7 Å². The third-order valence-corrected chi connectivity index (χ3v) is 6.88. The SMILES string of the molecule is CCOc1cc(C=C2C(=N)N3N=C(C(C)C)SC3=NC2=O)ccc1OCCOc1cc(C)cc(CC)c1. The first-order chi connectivity index (χ1) is 17.8. The van der Waals surface area contributed by atoms with Crippen molar-refractivity contribution in [1.82, 2.24) is 5.01 Å². The van der Waals surface area contributed by atoms with Crippen molar-refractivity contribution in [1.29, 1.82) is 5.41 Å². The van der Waals surface area contributed by atoms with Gasteiger partial charge in [0, 0.05) is 5.92 Å². The van der Waals surface area contributed by atoms with Crippen LogP contribution in [0.1, 0.15) is 44.4 Å². The van der Waals surface area contributed by atoms with E-state index < -0.39 is 5.91 Å². The largest absolute Gasteiger partial charge is 0.490 e. The lowest BCUT2D eigenvalue weighted by atomic mass is 10.1. The standard InChI is InChI=1S/C28H32N4O4S/c1-6-19-12-18(5)13-21(14-19)35-10-11-36-23-9-8-20(16-24(23)34-7-2)15-22-25(29)32-28(30-26(22)33)37-27(31-32)17(3)4/h8-9,12-17,29H,6-7,10-11H2,1-5H3. The van der Waals surface area contributed by atoms with E-state index in [-0.39, 0.29) is 17.3 Å². The molecule has 0 radical (unpaired) electrons. The summed E-state index contributed by atoms with van der Waals surface area (Å²) in [5.74, 6) is 1.71. The molecule has 37 heavy (non-hydrogen) atoms. The summed E-state index contributed by atoms with van der Waals surface area (Å²) in [4.78, 5) is 16.8. The van der Waals surface area contributed by atoms with Gasteiger partial charge in [-0.3, -0.25) is 10.2 Å². The highest BCUT2D eigenvalue weighted by Gasteiger charge is 2.36. The first kappa shape index (κ1) is 26.5. The first-order valence-electron chi connectivity index (χ1n) is 12.4. The number of ether oxygens (including phenoxy) is 3. The predicted molar refractivity (Wildman–Crippen MR) is 149 cm³/mol. The molecule has 2 aromatic carbocycles. The number of nitrogens with zero attached hydrogens (tertiary/aromatic N) is 3. The van der Waals surface area contributed by atoms with Crippen molar-refractivity contribution in [2.24, 2.45) is 16.0 Å². The first-order valence-corrected chi connectivity index (χ1v) is 13.2. The van der Waals surface area contributed by atoms with E-state index in [1.54, 1.807) is 18.2 Å². The maximum absolute atomic E-state index is 12.7. The summed E-state index contributed by atoms with van der Waals surface area (Å²) < 4.78 is 17.6. The van der Waals surface area contributed by atoms with Gasteiger partial charge in [-0.25, -0.2) is 0 Å². The molecule has 0 aromatic heterocycles. The number of nitrogens with one attached hydrogen (secondary N) is 1. The molecule has 1 N–H and O–H groups in total. The zero-order chi connectivity index (χ0) is 26.5. The normalized spacial score (nSPS) is 16.2. The van der Waals surface area contributed by atoms with Gasteiger partial charge in [-0.05, 0) is 79.1 Å². The molecular weight excluding hydrogens is 488 g/mol. The van der Waals surface area contributed by atoms with Gasteiger partial charge in [-0.2, -0.15) is 15.1 Å². The topological polar surface area (TPSA) is 96.6 Å². The lowest BCUT2D eigenvalue weighted by molar-refractivity contribution is -0.114. The number of amidine groups is 2. The second-order valence-corrected chi connectivity index (χ2v) is 9.94. The Morgan fingerprint density at radius 3 is 2.57 bits per heavy atom. The van der Waals surface area contributed by atoms with Crippen LogP contribution in [-0.4, -0.2) is 46.8 Å². The number of carbonyl (C=O) groups excluding carboxylic acids is 1. The summed E-state index contributed by atoms with van der Waals surface area (Å²) in [5, 5.41) is 15.7. The molecule has 2 heterocycles. The summed E-state index contributed by atoms with van der Waals surface area (Å²) in [6.45, 7) is 11.3. The Morgan fingerprint density at radius 2 is 1.84 bits per heavy atom. The summed E-state index contributed by atoms with van der Waals surface area (Å²) in [6.07, 6.45) is 2.59. The van der Waals surface area contributed by atoms with Crippen molar-refractivity contribution in [2.75, 3.05) is 19.8 Å². The third-order valence-electron chi connectivity index (χ3n) is 5.67. The van der Waals surface area contributed by atoms with Crippen LogP contribution in [0.15, 0.2) is 52.1 Å². The molecule has 194 valence electrons. The fraction of sp³-hybridized carbons (Fsp3) is 0.357. The Morgan fingerprint density at radius 1 is 1.05 bits per heavy atom. The number of carbonyl (C=O) groups is 1. The molecule has 0 spiro atoms.